The summed E-state index contributed by atoms with van der Waals surface area (Å²) in [6.07, 6.45) is 5.79. The van der Waals surface area contributed by atoms with Gasteiger partial charge in [0.15, 0.2) is 6.10 Å². The zero-order chi connectivity index (χ0) is 23.4. The molecule has 4 fully saturated rings. The lowest BCUT2D eigenvalue weighted by Crippen LogP contribution is -2.66. The maximum absolute atomic E-state index is 13.9. The van der Waals surface area contributed by atoms with Crippen molar-refractivity contribution in [3.63, 3.8) is 0 Å². The summed E-state index contributed by atoms with van der Waals surface area (Å²) in [5.41, 5.74) is 0.318. The van der Waals surface area contributed by atoms with E-state index in [1.54, 1.807) is 0 Å². The molecule has 5 heteroatoms. The van der Waals surface area contributed by atoms with Crippen LogP contribution < -0.4 is 4.74 Å². The number of nitrogens with zero attached hydrogens (tertiary/aromatic N) is 2. The predicted molar refractivity (Wildman–Crippen MR) is 133 cm³/mol. The molecular weight excluding hydrogens is 424 g/mol. The second kappa shape index (κ2) is 10.1. The van der Waals surface area contributed by atoms with Gasteiger partial charge >= 0.3 is 5.97 Å². The van der Waals surface area contributed by atoms with Crippen LogP contribution in [0.15, 0.2) is 60.7 Å². The molecule has 182 valence electrons. The fourth-order valence-electron chi connectivity index (χ4n) is 6.33. The molecule has 2 bridgehead atoms. The van der Waals surface area contributed by atoms with Gasteiger partial charge in [0.1, 0.15) is 31.0 Å². The molecule has 2 aromatic rings. The van der Waals surface area contributed by atoms with E-state index in [4.69, 9.17) is 9.47 Å². The summed E-state index contributed by atoms with van der Waals surface area (Å²) in [4.78, 5) is 16.3. The molecule has 4 aliphatic rings. The summed E-state index contributed by atoms with van der Waals surface area (Å²) < 4.78 is 13.5. The lowest BCUT2D eigenvalue weighted by atomic mass is 9.82. The molecule has 0 aromatic heterocycles. The number of ether oxygens (including phenoxy) is 2. The quantitative estimate of drug-likeness (QED) is 0.423. The number of piperidine rings is 4. The van der Waals surface area contributed by atoms with E-state index in [9.17, 15) is 4.79 Å². The van der Waals surface area contributed by atoms with Gasteiger partial charge in [0.05, 0.1) is 13.1 Å². The minimum absolute atomic E-state index is 0.000414. The van der Waals surface area contributed by atoms with Crippen LogP contribution in [0.1, 0.15) is 44.6 Å². The van der Waals surface area contributed by atoms with Gasteiger partial charge in [0.25, 0.3) is 0 Å². The normalized spacial score (nSPS) is 28.7. The molecule has 6 rings (SSSR count). The van der Waals surface area contributed by atoms with Crippen LogP contribution >= 0.6 is 0 Å². The van der Waals surface area contributed by atoms with Crippen LogP contribution in [0.5, 0.6) is 5.75 Å². The topological polar surface area (TPSA) is 38.8 Å². The summed E-state index contributed by atoms with van der Waals surface area (Å²) >= 11 is 0. The molecule has 4 saturated heterocycles. The second-order valence-corrected chi connectivity index (χ2v) is 10.6. The number of fused-ring (bicyclic) bond motifs is 3. The Morgan fingerprint density at radius 3 is 2.29 bits per heavy atom. The molecule has 0 N–H and O–H groups in total. The van der Waals surface area contributed by atoms with Gasteiger partial charge in [-0.3, -0.25) is 4.90 Å². The van der Waals surface area contributed by atoms with E-state index in [-0.39, 0.29) is 12.1 Å². The van der Waals surface area contributed by atoms with Gasteiger partial charge in [-0.25, -0.2) is 4.79 Å². The minimum Gasteiger partial charge on any atom is -0.488 e. The Morgan fingerprint density at radius 2 is 1.62 bits per heavy atom. The fraction of sp³-hybridized carbons (Fsp3) is 0.552. The van der Waals surface area contributed by atoms with E-state index in [1.165, 1.54) is 19.5 Å². The van der Waals surface area contributed by atoms with Crippen LogP contribution in [0.4, 0.5) is 0 Å². The molecule has 0 saturated carbocycles. The Kier molecular flexibility index (Phi) is 6.94. The van der Waals surface area contributed by atoms with Gasteiger partial charge in [-0.2, -0.15) is 0 Å². The highest BCUT2D eigenvalue weighted by atomic mass is 16.5. The number of carbonyl (C=O) groups excluding carboxylic acids is 1. The van der Waals surface area contributed by atoms with Crippen LogP contribution in [0.3, 0.4) is 0 Å². The predicted octanol–water partition coefficient (Wildman–Crippen LogP) is 4.62. The first-order valence-corrected chi connectivity index (χ1v) is 13.1. The van der Waals surface area contributed by atoms with E-state index in [0.29, 0.717) is 12.5 Å². The summed E-state index contributed by atoms with van der Waals surface area (Å²) in [6.45, 7) is 8.89. The summed E-state index contributed by atoms with van der Waals surface area (Å²) in [5.74, 6) is 1.34. The Morgan fingerprint density at radius 1 is 0.971 bits per heavy atom. The SMILES string of the molecule is C[C@@](C(=O)O[C@@H]1C[N+]2(CCOc3ccccc3)CCC1CC2)(c1ccccc1)N1CCCCC1. The van der Waals surface area contributed by atoms with E-state index >= 15 is 0 Å². The van der Waals surface area contributed by atoms with Crippen molar-refractivity contribution in [3.8, 4) is 5.75 Å². The lowest BCUT2D eigenvalue weighted by molar-refractivity contribution is -0.946. The van der Waals surface area contributed by atoms with Gasteiger partial charge in [0.2, 0.25) is 0 Å². The molecule has 0 spiro atoms. The highest BCUT2D eigenvalue weighted by Gasteiger charge is 2.50. The van der Waals surface area contributed by atoms with E-state index in [0.717, 1.165) is 67.7 Å². The maximum Gasteiger partial charge on any atom is 0.331 e. The van der Waals surface area contributed by atoms with Crippen LogP contribution in [0, 0.1) is 5.92 Å². The fourth-order valence-corrected chi connectivity index (χ4v) is 6.33. The first-order chi connectivity index (χ1) is 16.6. The molecule has 4 aliphatic heterocycles. The molecular formula is C29H39N2O3+. The number of esters is 1. The zero-order valence-electron chi connectivity index (χ0n) is 20.5. The maximum atomic E-state index is 13.9. The number of para-hydroxylation sites is 1. The van der Waals surface area contributed by atoms with Crippen molar-refractivity contribution >= 4 is 5.97 Å². The number of quaternary nitrogens is 1. The Balaban J connectivity index is 1.28. The van der Waals surface area contributed by atoms with Crippen LogP contribution in [-0.4, -0.2) is 67.3 Å². The number of rotatable bonds is 8. The molecule has 0 unspecified atom stereocenters. The third-order valence-electron chi connectivity index (χ3n) is 8.60. The van der Waals surface area contributed by atoms with Crippen molar-refractivity contribution in [3.05, 3.63) is 66.2 Å². The third kappa shape index (κ3) is 4.73. The first-order valence-electron chi connectivity index (χ1n) is 13.1. The molecule has 4 heterocycles. The van der Waals surface area contributed by atoms with Crippen molar-refractivity contribution in [1.82, 2.24) is 4.90 Å². The minimum atomic E-state index is -0.727. The smallest absolute Gasteiger partial charge is 0.331 e. The molecule has 2 aromatic carbocycles. The van der Waals surface area contributed by atoms with Gasteiger partial charge in [-0.05, 0) is 50.6 Å². The Hall–Kier alpha value is -2.37. The number of carbonyl (C=O) groups is 1. The molecule has 5 nitrogen and oxygen atoms in total. The van der Waals surface area contributed by atoms with Crippen LogP contribution in [0.2, 0.25) is 0 Å². The van der Waals surface area contributed by atoms with Crippen LogP contribution in [0.25, 0.3) is 0 Å². The van der Waals surface area contributed by atoms with E-state index < -0.39 is 5.54 Å². The summed E-state index contributed by atoms with van der Waals surface area (Å²) in [7, 11) is 0. The van der Waals surface area contributed by atoms with Crippen molar-refractivity contribution in [1.29, 1.82) is 0 Å². The molecule has 0 amide bonds. The van der Waals surface area contributed by atoms with E-state index in [2.05, 4.69) is 24.0 Å². The van der Waals surface area contributed by atoms with Gasteiger partial charge in [-0.15, -0.1) is 0 Å². The highest BCUT2D eigenvalue weighted by molar-refractivity contribution is 5.82. The van der Waals surface area contributed by atoms with Crippen molar-refractivity contribution in [2.24, 2.45) is 5.92 Å². The molecule has 34 heavy (non-hydrogen) atoms. The number of hydrogen-bond donors (Lipinski definition) is 0. The zero-order valence-corrected chi connectivity index (χ0v) is 20.5. The van der Waals surface area contributed by atoms with Crippen LogP contribution in [-0.2, 0) is 15.1 Å². The van der Waals surface area contributed by atoms with Crippen molar-refractivity contribution < 1.29 is 18.8 Å². The third-order valence-corrected chi connectivity index (χ3v) is 8.60. The second-order valence-electron chi connectivity index (χ2n) is 10.6. The standard InChI is InChI=1S/C29H39N2O3/c1-29(25-11-5-2-6-12-25,30-17-9-4-10-18-30)28(32)34-27-23-31(19-15-24(27)16-20-31)21-22-33-26-13-7-3-8-14-26/h2-3,5-8,11-14,24,27H,4,9-10,15-23H2,1H3/q+1/t24?,27-,29+,31?/m1/s1. The molecule has 0 aliphatic carbocycles. The number of likely N-dealkylation sites (tertiary alicyclic amines) is 1. The first kappa shape index (κ1) is 23.4. The van der Waals surface area contributed by atoms with Gasteiger partial charge < -0.3 is 14.0 Å². The van der Waals surface area contributed by atoms with Gasteiger partial charge in [-0.1, -0.05) is 55.0 Å². The van der Waals surface area contributed by atoms with E-state index in [1.807, 2.05) is 48.5 Å². The highest BCUT2D eigenvalue weighted by Crippen LogP contribution is 2.38. The van der Waals surface area contributed by atoms with Crippen molar-refractivity contribution in [2.75, 3.05) is 45.9 Å². The summed E-state index contributed by atoms with van der Waals surface area (Å²) in [5, 5.41) is 0. The monoisotopic (exact) mass is 463 g/mol. The average Bonchev–Trinajstić information content (AvgIpc) is 2.90. The Labute approximate surface area is 204 Å². The summed E-state index contributed by atoms with van der Waals surface area (Å²) in [6, 6.07) is 20.3. The molecule has 2 atom stereocenters. The lowest BCUT2D eigenvalue weighted by Gasteiger charge is -2.52. The Bertz CT molecular complexity index is 936. The number of hydrogen-bond acceptors (Lipinski definition) is 4. The number of benzene rings is 2. The average molecular weight is 464 g/mol. The largest absolute Gasteiger partial charge is 0.488 e. The van der Waals surface area contributed by atoms with Crippen molar-refractivity contribution in [2.45, 2.75) is 50.7 Å². The van der Waals surface area contributed by atoms with Gasteiger partial charge in [0, 0.05) is 18.8 Å². The molecule has 0 radical (unpaired) electrons.